The third-order valence-corrected chi connectivity index (χ3v) is 5.27. The van der Waals surface area contributed by atoms with Crippen molar-refractivity contribution in [2.45, 2.75) is 32.5 Å². The summed E-state index contributed by atoms with van der Waals surface area (Å²) in [5, 5.41) is 0. The zero-order valence-electron chi connectivity index (χ0n) is 14.6. The molecule has 2 aromatic rings. The van der Waals surface area contributed by atoms with Crippen molar-refractivity contribution in [3.63, 3.8) is 0 Å². The van der Waals surface area contributed by atoms with Crippen molar-refractivity contribution in [3.8, 4) is 0 Å². The van der Waals surface area contributed by atoms with Crippen LogP contribution in [0, 0.1) is 0 Å². The van der Waals surface area contributed by atoms with Gasteiger partial charge in [-0.2, -0.15) is 4.98 Å². The van der Waals surface area contributed by atoms with E-state index in [0.29, 0.717) is 0 Å². The first kappa shape index (κ1) is 20.0. The van der Waals surface area contributed by atoms with Crippen LogP contribution in [0.15, 0.2) is 46.2 Å². The normalized spacial score (nSPS) is 12.2. The first-order valence-corrected chi connectivity index (χ1v) is 9.65. The summed E-state index contributed by atoms with van der Waals surface area (Å²) in [6.07, 6.45) is 1.33. The Morgan fingerprint density at radius 2 is 1.92 bits per heavy atom. The lowest BCUT2D eigenvalue weighted by molar-refractivity contribution is 0.0735. The van der Waals surface area contributed by atoms with Gasteiger partial charge in [0.25, 0.3) is 0 Å². The smallest absolute Gasteiger partial charge is 0.350 e. The fourth-order valence-corrected chi connectivity index (χ4v) is 3.82. The molecule has 142 valence electrons. The molecule has 2 N–H and O–H groups in total. The van der Waals surface area contributed by atoms with Crippen LogP contribution in [-0.4, -0.2) is 35.3 Å². The number of aromatic amines is 1. The van der Waals surface area contributed by atoms with Crippen molar-refractivity contribution in [1.29, 1.82) is 0 Å². The maximum Gasteiger partial charge on any atom is 0.350 e. The van der Waals surface area contributed by atoms with Crippen LogP contribution in [0.2, 0.25) is 0 Å². The number of sulfonamides is 1. The molecule has 0 aliphatic rings. The predicted molar refractivity (Wildman–Crippen MR) is 96.1 cm³/mol. The van der Waals surface area contributed by atoms with E-state index in [-0.39, 0.29) is 25.5 Å². The van der Waals surface area contributed by atoms with Crippen molar-refractivity contribution < 1.29 is 13.2 Å². The maximum atomic E-state index is 12.3. The van der Waals surface area contributed by atoms with E-state index in [1.807, 2.05) is 35.3 Å². The standard InChI is InChI=1S/C16H22N4O5S/c1-16(2,13-7-4-3-5-8-13)19-26(23,24)10-6-9-25-12-20-11-17-14(21)18-15(20)22/h3-5,7-8,11,19H,6,9-10,12H2,1-2H3,(H,18,21,22). The second kappa shape index (κ2) is 8.39. The number of H-pyrrole nitrogens is 1. The summed E-state index contributed by atoms with van der Waals surface area (Å²) in [6.45, 7) is 3.61. The Morgan fingerprint density at radius 1 is 1.23 bits per heavy atom. The van der Waals surface area contributed by atoms with E-state index in [4.69, 9.17) is 4.74 Å². The van der Waals surface area contributed by atoms with E-state index in [9.17, 15) is 18.0 Å². The first-order valence-electron chi connectivity index (χ1n) is 8.00. The van der Waals surface area contributed by atoms with Crippen LogP contribution in [0.5, 0.6) is 0 Å². The summed E-state index contributed by atoms with van der Waals surface area (Å²) in [5.74, 6) is -0.109. The van der Waals surface area contributed by atoms with E-state index >= 15 is 0 Å². The van der Waals surface area contributed by atoms with E-state index in [1.54, 1.807) is 13.8 Å². The lowest BCUT2D eigenvalue weighted by Crippen LogP contribution is -2.42. The topological polar surface area (TPSA) is 123 Å². The maximum absolute atomic E-state index is 12.3. The molecule has 1 heterocycles. The molecule has 1 aromatic heterocycles. The highest BCUT2D eigenvalue weighted by atomic mass is 32.2. The predicted octanol–water partition coefficient (Wildman–Crippen LogP) is 0.151. The number of hydrogen-bond acceptors (Lipinski definition) is 6. The second-order valence-electron chi connectivity index (χ2n) is 6.25. The van der Waals surface area contributed by atoms with Gasteiger partial charge in [0.2, 0.25) is 10.0 Å². The lowest BCUT2D eigenvalue weighted by Gasteiger charge is -2.26. The van der Waals surface area contributed by atoms with Crippen LogP contribution < -0.4 is 16.1 Å². The largest absolute Gasteiger partial charge is 0.361 e. The zero-order valence-corrected chi connectivity index (χ0v) is 15.5. The van der Waals surface area contributed by atoms with E-state index in [2.05, 4.69) is 9.71 Å². The summed E-state index contributed by atoms with van der Waals surface area (Å²) in [6, 6.07) is 9.30. The molecule has 0 saturated carbocycles. The molecule has 1 aromatic carbocycles. The lowest BCUT2D eigenvalue weighted by atomic mass is 9.96. The molecule has 0 aliphatic heterocycles. The number of benzene rings is 1. The summed E-state index contributed by atoms with van der Waals surface area (Å²) >= 11 is 0. The monoisotopic (exact) mass is 382 g/mol. The second-order valence-corrected chi connectivity index (χ2v) is 8.09. The molecule has 2 rings (SSSR count). The van der Waals surface area contributed by atoms with Gasteiger partial charge in [0.1, 0.15) is 13.1 Å². The SMILES string of the molecule is CC(C)(NS(=O)(=O)CCCOCn1cnc(=O)[nH]c1=O)c1ccccc1. The van der Waals surface area contributed by atoms with Crippen molar-refractivity contribution >= 4 is 10.0 Å². The van der Waals surface area contributed by atoms with Crippen LogP contribution in [-0.2, 0) is 27.0 Å². The van der Waals surface area contributed by atoms with Crippen LogP contribution in [0.1, 0.15) is 25.8 Å². The van der Waals surface area contributed by atoms with Crippen LogP contribution in [0.3, 0.4) is 0 Å². The van der Waals surface area contributed by atoms with Gasteiger partial charge in [-0.25, -0.2) is 22.7 Å². The van der Waals surface area contributed by atoms with Gasteiger partial charge in [-0.05, 0) is 25.8 Å². The molecule has 0 fully saturated rings. The first-order chi connectivity index (χ1) is 12.2. The Labute approximate surface area is 151 Å². The van der Waals surface area contributed by atoms with Gasteiger partial charge in [-0.1, -0.05) is 30.3 Å². The van der Waals surface area contributed by atoms with Gasteiger partial charge >= 0.3 is 11.4 Å². The summed E-state index contributed by atoms with van der Waals surface area (Å²) in [4.78, 5) is 27.7. The van der Waals surface area contributed by atoms with E-state index in [0.717, 1.165) is 16.5 Å². The Morgan fingerprint density at radius 3 is 2.58 bits per heavy atom. The summed E-state index contributed by atoms with van der Waals surface area (Å²) in [7, 11) is -3.50. The fraction of sp³-hybridized carbons (Fsp3) is 0.438. The highest BCUT2D eigenvalue weighted by Crippen LogP contribution is 2.20. The van der Waals surface area contributed by atoms with Crippen molar-refractivity contribution in [1.82, 2.24) is 19.3 Å². The van der Waals surface area contributed by atoms with Crippen LogP contribution >= 0.6 is 0 Å². The van der Waals surface area contributed by atoms with E-state index < -0.39 is 26.9 Å². The molecular formula is C16H22N4O5S. The molecular weight excluding hydrogens is 360 g/mol. The van der Waals surface area contributed by atoms with Crippen LogP contribution in [0.4, 0.5) is 0 Å². The third-order valence-electron chi connectivity index (χ3n) is 3.63. The Bertz CT molecular complexity index is 935. The molecule has 26 heavy (non-hydrogen) atoms. The highest BCUT2D eigenvalue weighted by molar-refractivity contribution is 7.89. The average molecular weight is 382 g/mol. The molecule has 0 amide bonds. The number of rotatable bonds is 9. The minimum absolute atomic E-state index is 0.109. The average Bonchev–Trinajstić information content (AvgIpc) is 2.56. The minimum atomic E-state index is -3.50. The molecule has 0 saturated heterocycles. The molecule has 10 heteroatoms. The highest BCUT2D eigenvalue weighted by Gasteiger charge is 2.26. The van der Waals surface area contributed by atoms with Gasteiger partial charge < -0.3 is 4.74 Å². The van der Waals surface area contributed by atoms with Gasteiger partial charge in [0.05, 0.1) is 11.3 Å². The molecule has 9 nitrogen and oxygen atoms in total. The number of nitrogens with one attached hydrogen (secondary N) is 2. The van der Waals surface area contributed by atoms with Crippen LogP contribution in [0.25, 0.3) is 0 Å². The molecule has 0 atom stereocenters. The molecule has 0 bridgehead atoms. The van der Waals surface area contributed by atoms with Gasteiger partial charge in [0, 0.05) is 6.61 Å². The molecule has 0 spiro atoms. The van der Waals surface area contributed by atoms with Crippen molar-refractivity contribution in [2.24, 2.45) is 0 Å². The zero-order chi connectivity index (χ0) is 19.2. The molecule has 0 unspecified atom stereocenters. The van der Waals surface area contributed by atoms with Crippen molar-refractivity contribution in [2.75, 3.05) is 12.4 Å². The number of nitrogens with zero attached hydrogens (tertiary/aromatic N) is 2. The fourth-order valence-electron chi connectivity index (χ4n) is 2.33. The summed E-state index contributed by atoms with van der Waals surface area (Å²) < 4.78 is 33.6. The Balaban J connectivity index is 1.81. The van der Waals surface area contributed by atoms with Gasteiger partial charge in [-0.3, -0.25) is 9.55 Å². The quantitative estimate of drug-likeness (QED) is 0.595. The Hall–Kier alpha value is -2.30. The van der Waals surface area contributed by atoms with Crippen molar-refractivity contribution in [3.05, 3.63) is 63.2 Å². The third kappa shape index (κ3) is 5.90. The van der Waals surface area contributed by atoms with Gasteiger partial charge in [-0.15, -0.1) is 0 Å². The minimum Gasteiger partial charge on any atom is -0.361 e. The van der Waals surface area contributed by atoms with E-state index in [1.165, 1.54) is 0 Å². The van der Waals surface area contributed by atoms with Gasteiger partial charge in [0.15, 0.2) is 0 Å². The number of ether oxygens (including phenoxy) is 1. The Kier molecular flexibility index (Phi) is 6.46. The molecule has 0 aliphatic carbocycles. The number of hydrogen-bond donors (Lipinski definition) is 2. The molecule has 0 radical (unpaired) electrons. The summed E-state index contributed by atoms with van der Waals surface area (Å²) in [5.41, 5.74) is -1.23. The number of aromatic nitrogens is 3.